The summed E-state index contributed by atoms with van der Waals surface area (Å²) >= 11 is 1.22. The third kappa shape index (κ3) is 6.53. The average molecular weight is 397 g/mol. The number of nitrogens with zero attached hydrogens (tertiary/aromatic N) is 4. The monoisotopic (exact) mass is 396 g/mol. The van der Waals surface area contributed by atoms with Crippen LogP contribution in [0.3, 0.4) is 0 Å². The van der Waals surface area contributed by atoms with Gasteiger partial charge in [0.1, 0.15) is 0 Å². The minimum absolute atomic E-state index is 0.0436. The average Bonchev–Trinajstić information content (AvgIpc) is 2.87. The van der Waals surface area contributed by atoms with Gasteiger partial charge in [-0.3, -0.25) is 14.9 Å². The molecule has 0 atom stereocenters. The van der Waals surface area contributed by atoms with Gasteiger partial charge < -0.3 is 14.8 Å². The molecule has 9 nitrogen and oxygen atoms in total. The summed E-state index contributed by atoms with van der Waals surface area (Å²) in [4.78, 5) is 37.5. The van der Waals surface area contributed by atoms with Crippen molar-refractivity contribution >= 4 is 29.6 Å². The van der Waals surface area contributed by atoms with Crippen molar-refractivity contribution in [2.75, 3.05) is 12.3 Å². The second-order valence-corrected chi connectivity index (χ2v) is 7.68. The van der Waals surface area contributed by atoms with E-state index in [1.807, 2.05) is 30.2 Å². The molecule has 0 unspecified atom stereocenters. The van der Waals surface area contributed by atoms with Crippen LogP contribution in [0.25, 0.3) is 0 Å². The lowest BCUT2D eigenvalue weighted by molar-refractivity contribution is -0.131. The van der Waals surface area contributed by atoms with E-state index < -0.39 is 11.9 Å². The second-order valence-electron chi connectivity index (χ2n) is 6.73. The number of carbonyl (C=O) groups excluding carboxylic acids is 3. The van der Waals surface area contributed by atoms with Crippen LogP contribution in [-0.2, 0) is 22.7 Å². The third-order valence-corrected chi connectivity index (χ3v) is 5.09. The third-order valence-electron chi connectivity index (χ3n) is 4.12. The summed E-state index contributed by atoms with van der Waals surface area (Å²) in [7, 11) is 0. The molecule has 0 bridgehead atoms. The van der Waals surface area contributed by atoms with Gasteiger partial charge in [0.05, 0.1) is 12.3 Å². The van der Waals surface area contributed by atoms with Crippen LogP contribution < -0.4 is 10.6 Å². The summed E-state index contributed by atoms with van der Waals surface area (Å²) in [5, 5.41) is 13.9. The van der Waals surface area contributed by atoms with Gasteiger partial charge in [-0.15, -0.1) is 10.2 Å². The van der Waals surface area contributed by atoms with Crippen LogP contribution in [0.5, 0.6) is 0 Å². The van der Waals surface area contributed by atoms with Crippen molar-refractivity contribution in [3.8, 4) is 0 Å². The summed E-state index contributed by atoms with van der Waals surface area (Å²) in [6, 6.07) is -0.550. The Morgan fingerprint density at radius 1 is 1.22 bits per heavy atom. The number of urea groups is 1. The minimum atomic E-state index is -0.507. The molecule has 10 heteroatoms. The molecule has 0 spiro atoms. The van der Waals surface area contributed by atoms with Crippen LogP contribution in [0.2, 0.25) is 0 Å². The Balaban J connectivity index is 1.93. The van der Waals surface area contributed by atoms with E-state index in [0.717, 1.165) is 25.8 Å². The molecule has 2 N–H and O–H groups in total. The van der Waals surface area contributed by atoms with Crippen molar-refractivity contribution in [2.24, 2.45) is 0 Å². The number of carbonyl (C=O) groups is 3. The van der Waals surface area contributed by atoms with Crippen LogP contribution in [0.1, 0.15) is 52.3 Å². The van der Waals surface area contributed by atoms with Gasteiger partial charge >= 0.3 is 6.03 Å². The number of rotatable bonds is 7. The smallest absolute Gasteiger partial charge is 0.321 e. The maximum Gasteiger partial charge on any atom is 0.321 e. The van der Waals surface area contributed by atoms with E-state index in [2.05, 4.69) is 20.8 Å². The second kappa shape index (κ2) is 10.3. The molecular weight excluding hydrogens is 368 g/mol. The molecule has 0 aliphatic carbocycles. The summed E-state index contributed by atoms with van der Waals surface area (Å²) < 4.78 is 1.91. The molecule has 2 heterocycles. The summed E-state index contributed by atoms with van der Waals surface area (Å²) in [6.45, 7) is 7.42. The number of hydrogen-bond donors (Lipinski definition) is 2. The Kier molecular flexibility index (Phi) is 8.08. The quantitative estimate of drug-likeness (QED) is 0.677. The number of amides is 4. The number of imide groups is 1. The molecule has 1 aliphatic rings. The van der Waals surface area contributed by atoms with E-state index in [-0.39, 0.29) is 17.7 Å². The van der Waals surface area contributed by atoms with Crippen molar-refractivity contribution in [1.82, 2.24) is 30.3 Å². The van der Waals surface area contributed by atoms with Gasteiger partial charge in [0.15, 0.2) is 11.0 Å². The van der Waals surface area contributed by atoms with Crippen LogP contribution >= 0.6 is 11.8 Å². The molecule has 1 aromatic heterocycles. The van der Waals surface area contributed by atoms with E-state index in [0.29, 0.717) is 30.5 Å². The first-order valence-corrected chi connectivity index (χ1v) is 10.3. The van der Waals surface area contributed by atoms with Crippen molar-refractivity contribution in [3.63, 3.8) is 0 Å². The first kappa shape index (κ1) is 21.2. The zero-order chi connectivity index (χ0) is 19.8. The van der Waals surface area contributed by atoms with Crippen LogP contribution in [-0.4, -0.2) is 55.8 Å². The zero-order valence-corrected chi connectivity index (χ0v) is 17.0. The summed E-state index contributed by atoms with van der Waals surface area (Å²) in [5.74, 6) is 0.538. The fraction of sp³-hybridized carbons (Fsp3) is 0.706. The highest BCUT2D eigenvalue weighted by molar-refractivity contribution is 7.99. The Morgan fingerprint density at radius 3 is 2.70 bits per heavy atom. The lowest BCUT2D eigenvalue weighted by Crippen LogP contribution is -2.43. The van der Waals surface area contributed by atoms with Crippen LogP contribution in [0, 0.1) is 0 Å². The summed E-state index contributed by atoms with van der Waals surface area (Å²) in [5.41, 5.74) is 0. The Hall–Kier alpha value is -2.10. The maximum atomic E-state index is 12.2. The van der Waals surface area contributed by atoms with Gasteiger partial charge in [-0.25, -0.2) is 4.79 Å². The number of hydrogen-bond acceptors (Lipinski definition) is 6. The Morgan fingerprint density at radius 2 is 2.00 bits per heavy atom. The highest BCUT2D eigenvalue weighted by Crippen LogP contribution is 2.19. The molecule has 4 amide bonds. The minimum Gasteiger partial charge on any atom is -0.336 e. The standard InChI is InChI=1S/C17H28N6O3S/c1-4-23-13(10-22-9-7-5-6-8-15(22)25)20-21-17(23)27-11-14(24)19-16(26)18-12(2)3/h12H,4-11H2,1-3H3,(H2,18,19,24,26). The van der Waals surface area contributed by atoms with Gasteiger partial charge in [-0.1, -0.05) is 18.2 Å². The fourth-order valence-corrected chi connectivity index (χ4v) is 3.65. The normalized spacial score (nSPS) is 15.0. The summed E-state index contributed by atoms with van der Waals surface area (Å²) in [6.07, 6.45) is 3.60. The van der Waals surface area contributed by atoms with E-state index >= 15 is 0 Å². The van der Waals surface area contributed by atoms with Gasteiger partial charge in [-0.05, 0) is 33.6 Å². The number of likely N-dealkylation sites (tertiary alicyclic amines) is 1. The Labute approximate surface area is 163 Å². The predicted octanol–water partition coefficient (Wildman–Crippen LogP) is 1.53. The van der Waals surface area contributed by atoms with Crippen LogP contribution in [0.4, 0.5) is 4.79 Å². The van der Waals surface area contributed by atoms with Gasteiger partial charge in [0.25, 0.3) is 0 Å². The molecule has 0 aromatic carbocycles. The van der Waals surface area contributed by atoms with E-state index in [1.54, 1.807) is 0 Å². The SMILES string of the molecule is CCn1c(CN2CCCCCC2=O)nnc1SCC(=O)NC(=O)NC(C)C. The van der Waals surface area contributed by atoms with E-state index in [9.17, 15) is 14.4 Å². The maximum absolute atomic E-state index is 12.2. The molecule has 1 aliphatic heterocycles. The predicted molar refractivity (Wildman–Crippen MR) is 102 cm³/mol. The molecule has 0 saturated carbocycles. The molecule has 1 aromatic rings. The lowest BCUT2D eigenvalue weighted by atomic mass is 10.2. The fourth-order valence-electron chi connectivity index (χ4n) is 2.83. The molecule has 27 heavy (non-hydrogen) atoms. The first-order chi connectivity index (χ1) is 12.9. The molecular formula is C17H28N6O3S. The lowest BCUT2D eigenvalue weighted by Gasteiger charge is -2.20. The topological polar surface area (TPSA) is 109 Å². The highest BCUT2D eigenvalue weighted by atomic mass is 32.2. The largest absolute Gasteiger partial charge is 0.336 e. The first-order valence-electron chi connectivity index (χ1n) is 9.33. The van der Waals surface area contributed by atoms with Gasteiger partial charge in [0.2, 0.25) is 11.8 Å². The Bertz CT molecular complexity index is 676. The van der Waals surface area contributed by atoms with Crippen LogP contribution in [0.15, 0.2) is 5.16 Å². The molecule has 150 valence electrons. The highest BCUT2D eigenvalue weighted by Gasteiger charge is 2.21. The van der Waals surface area contributed by atoms with E-state index in [1.165, 1.54) is 11.8 Å². The molecule has 0 radical (unpaired) electrons. The molecule has 1 saturated heterocycles. The van der Waals surface area contributed by atoms with Crippen molar-refractivity contribution < 1.29 is 14.4 Å². The van der Waals surface area contributed by atoms with Crippen molar-refractivity contribution in [1.29, 1.82) is 0 Å². The van der Waals surface area contributed by atoms with Gasteiger partial charge in [-0.2, -0.15) is 0 Å². The zero-order valence-electron chi connectivity index (χ0n) is 16.2. The number of thioether (sulfide) groups is 1. The van der Waals surface area contributed by atoms with E-state index in [4.69, 9.17) is 0 Å². The molecule has 1 fully saturated rings. The van der Waals surface area contributed by atoms with Gasteiger partial charge in [0, 0.05) is 25.6 Å². The number of aromatic nitrogens is 3. The van der Waals surface area contributed by atoms with Crippen molar-refractivity contribution in [2.45, 2.75) is 70.7 Å². The van der Waals surface area contributed by atoms with Crippen molar-refractivity contribution in [3.05, 3.63) is 5.82 Å². The molecule has 2 rings (SSSR count). The number of nitrogens with one attached hydrogen (secondary N) is 2.